The second-order valence-corrected chi connectivity index (χ2v) is 9.75. The fourth-order valence-corrected chi connectivity index (χ4v) is 6.00. The molecule has 0 radical (unpaired) electrons. The number of hydrogen-bond acceptors (Lipinski definition) is 4. The zero-order valence-corrected chi connectivity index (χ0v) is 17.0. The molecule has 1 fully saturated rings. The van der Waals surface area contributed by atoms with Gasteiger partial charge in [0.15, 0.2) is 0 Å². The molecule has 2 heterocycles. The summed E-state index contributed by atoms with van der Waals surface area (Å²) in [7, 11) is -1.90. The van der Waals surface area contributed by atoms with Crippen molar-refractivity contribution in [2.75, 3.05) is 20.1 Å². The lowest BCUT2D eigenvalue weighted by Gasteiger charge is -2.19. The molecule has 1 aliphatic rings. The van der Waals surface area contributed by atoms with Crippen LogP contribution >= 0.6 is 27.3 Å². The Labute approximate surface area is 160 Å². The summed E-state index contributed by atoms with van der Waals surface area (Å²) in [5, 5.41) is 1.67. The van der Waals surface area contributed by atoms with E-state index in [4.69, 9.17) is 0 Å². The molecule has 0 bridgehead atoms. The maximum Gasteiger partial charge on any atom is 0.265 e. The molecule has 0 saturated carbocycles. The van der Waals surface area contributed by atoms with Crippen molar-refractivity contribution in [2.24, 2.45) is 0 Å². The maximum atomic E-state index is 12.8. The second-order valence-electron chi connectivity index (χ2n) is 6.01. The molecular formula is C17H19BrN2O3S2. The van der Waals surface area contributed by atoms with Crippen LogP contribution in [0.1, 0.15) is 28.1 Å². The molecule has 25 heavy (non-hydrogen) atoms. The third-order valence-corrected chi connectivity index (χ3v) is 7.69. The molecule has 8 heteroatoms. The van der Waals surface area contributed by atoms with Crippen molar-refractivity contribution in [1.29, 1.82) is 0 Å². The number of rotatable bonds is 5. The first-order valence-electron chi connectivity index (χ1n) is 7.97. The van der Waals surface area contributed by atoms with Crippen LogP contribution in [0.2, 0.25) is 0 Å². The number of halogens is 1. The lowest BCUT2D eigenvalue weighted by Crippen LogP contribution is -2.31. The first-order valence-corrected chi connectivity index (χ1v) is 11.1. The average molecular weight is 443 g/mol. The van der Waals surface area contributed by atoms with Gasteiger partial charge in [-0.3, -0.25) is 4.79 Å². The van der Waals surface area contributed by atoms with Crippen molar-refractivity contribution >= 4 is 43.2 Å². The van der Waals surface area contributed by atoms with Crippen molar-refractivity contribution in [3.05, 3.63) is 50.6 Å². The number of carbonyl (C=O) groups is 1. The molecule has 0 atom stereocenters. The first kappa shape index (κ1) is 18.6. The van der Waals surface area contributed by atoms with E-state index in [0.717, 1.165) is 22.9 Å². The van der Waals surface area contributed by atoms with Gasteiger partial charge >= 0.3 is 0 Å². The number of benzene rings is 1. The molecule has 0 spiro atoms. The van der Waals surface area contributed by atoms with Crippen LogP contribution in [0.4, 0.5) is 0 Å². The van der Waals surface area contributed by atoms with Crippen LogP contribution in [0.3, 0.4) is 0 Å². The fraction of sp³-hybridized carbons (Fsp3) is 0.353. The summed E-state index contributed by atoms with van der Waals surface area (Å²) in [6.45, 7) is 1.48. The Bertz CT molecular complexity index is 856. The third-order valence-electron chi connectivity index (χ3n) is 4.19. The lowest BCUT2D eigenvalue weighted by atomic mass is 10.2. The Morgan fingerprint density at radius 2 is 1.84 bits per heavy atom. The molecule has 1 aromatic heterocycles. The Hall–Kier alpha value is -1.22. The molecule has 5 nitrogen and oxygen atoms in total. The fourth-order valence-electron chi connectivity index (χ4n) is 2.83. The van der Waals surface area contributed by atoms with Crippen molar-refractivity contribution in [1.82, 2.24) is 9.21 Å². The number of thiophene rings is 1. The topological polar surface area (TPSA) is 57.7 Å². The minimum absolute atomic E-state index is 0.132. The van der Waals surface area contributed by atoms with E-state index < -0.39 is 10.0 Å². The maximum absolute atomic E-state index is 12.8. The molecule has 1 amide bonds. The Morgan fingerprint density at radius 1 is 1.20 bits per heavy atom. The highest BCUT2D eigenvalue weighted by Gasteiger charge is 2.32. The zero-order chi connectivity index (χ0) is 18.0. The highest BCUT2D eigenvalue weighted by molar-refractivity contribution is 9.10. The summed E-state index contributed by atoms with van der Waals surface area (Å²) in [5.41, 5.74) is 0.986. The van der Waals surface area contributed by atoms with Crippen LogP contribution in [0.25, 0.3) is 0 Å². The molecule has 134 valence electrons. The highest BCUT2D eigenvalue weighted by Crippen LogP contribution is 2.28. The number of nitrogens with zero attached hydrogens (tertiary/aromatic N) is 2. The number of amides is 1. The van der Waals surface area contributed by atoms with E-state index in [0.29, 0.717) is 19.6 Å². The largest absolute Gasteiger partial charge is 0.337 e. The number of hydrogen-bond donors (Lipinski definition) is 0. The normalized spacial score (nSPS) is 15.4. The van der Waals surface area contributed by atoms with E-state index in [1.54, 1.807) is 23.4 Å². The molecule has 0 unspecified atom stereocenters. The van der Waals surface area contributed by atoms with Gasteiger partial charge in [0.2, 0.25) is 10.0 Å². The van der Waals surface area contributed by atoms with Gasteiger partial charge in [0.1, 0.15) is 9.77 Å². The lowest BCUT2D eigenvalue weighted by molar-refractivity contribution is 0.0786. The van der Waals surface area contributed by atoms with Gasteiger partial charge in [-0.05, 0) is 42.0 Å². The Morgan fingerprint density at radius 3 is 2.48 bits per heavy atom. The van der Waals surface area contributed by atoms with Crippen molar-refractivity contribution in [2.45, 2.75) is 24.3 Å². The van der Waals surface area contributed by atoms with Crippen LogP contribution in [-0.2, 0) is 16.6 Å². The molecule has 0 N–H and O–H groups in total. The standard InChI is InChI=1S/C17H19BrN2O3S2/c1-19(12-13-4-6-14(18)7-5-13)17(21)16-15(8-11-24-16)25(22,23)20-9-2-3-10-20/h4-8,11H,2-3,9-10,12H2,1H3. The van der Waals surface area contributed by atoms with E-state index in [1.807, 2.05) is 24.3 Å². The van der Waals surface area contributed by atoms with Gasteiger partial charge in [-0.25, -0.2) is 8.42 Å². The summed E-state index contributed by atoms with van der Waals surface area (Å²) in [4.78, 5) is 14.8. The van der Waals surface area contributed by atoms with Crippen LogP contribution < -0.4 is 0 Å². The smallest absolute Gasteiger partial charge is 0.265 e. The van der Waals surface area contributed by atoms with E-state index in [9.17, 15) is 13.2 Å². The Kier molecular flexibility index (Phi) is 5.62. The van der Waals surface area contributed by atoms with E-state index in [2.05, 4.69) is 15.9 Å². The molecule has 1 aromatic carbocycles. The molecule has 1 saturated heterocycles. The van der Waals surface area contributed by atoms with Crippen LogP contribution in [0.15, 0.2) is 45.1 Å². The van der Waals surface area contributed by atoms with Gasteiger partial charge in [-0.1, -0.05) is 28.1 Å². The Balaban J connectivity index is 1.81. The quantitative estimate of drug-likeness (QED) is 0.710. The zero-order valence-electron chi connectivity index (χ0n) is 13.8. The van der Waals surface area contributed by atoms with E-state index in [1.165, 1.54) is 15.6 Å². The van der Waals surface area contributed by atoms with E-state index >= 15 is 0 Å². The van der Waals surface area contributed by atoms with Gasteiger partial charge in [-0.15, -0.1) is 11.3 Å². The van der Waals surface area contributed by atoms with Gasteiger partial charge in [0.25, 0.3) is 5.91 Å². The molecule has 0 aliphatic carbocycles. The van der Waals surface area contributed by atoms with Crippen molar-refractivity contribution in [3.63, 3.8) is 0 Å². The van der Waals surface area contributed by atoms with Gasteiger partial charge in [0.05, 0.1) is 0 Å². The number of sulfonamides is 1. The minimum atomic E-state index is -3.59. The summed E-state index contributed by atoms with van der Waals surface area (Å²) in [5.74, 6) is -0.268. The highest BCUT2D eigenvalue weighted by atomic mass is 79.9. The summed E-state index contributed by atoms with van der Waals surface area (Å²) < 4.78 is 28.0. The van der Waals surface area contributed by atoms with Crippen LogP contribution in [0.5, 0.6) is 0 Å². The first-order chi connectivity index (χ1) is 11.9. The van der Waals surface area contributed by atoms with Crippen LogP contribution in [0, 0.1) is 0 Å². The summed E-state index contributed by atoms with van der Waals surface area (Å²) in [6.07, 6.45) is 1.74. The predicted octanol–water partition coefficient (Wildman–Crippen LogP) is 3.57. The van der Waals surface area contributed by atoms with Gasteiger partial charge < -0.3 is 4.90 Å². The summed E-state index contributed by atoms with van der Waals surface area (Å²) >= 11 is 4.57. The molecule has 1 aliphatic heterocycles. The van der Waals surface area contributed by atoms with E-state index in [-0.39, 0.29) is 15.7 Å². The van der Waals surface area contributed by atoms with Gasteiger partial charge in [-0.2, -0.15) is 4.31 Å². The van der Waals surface area contributed by atoms with Crippen molar-refractivity contribution < 1.29 is 13.2 Å². The average Bonchev–Trinajstić information content (AvgIpc) is 3.28. The predicted molar refractivity (Wildman–Crippen MR) is 102 cm³/mol. The second kappa shape index (κ2) is 7.57. The number of carbonyl (C=O) groups excluding carboxylic acids is 1. The van der Waals surface area contributed by atoms with Gasteiger partial charge in [0, 0.05) is 31.2 Å². The SMILES string of the molecule is CN(Cc1ccc(Br)cc1)C(=O)c1sccc1S(=O)(=O)N1CCCC1. The third kappa shape index (κ3) is 3.97. The molecule has 3 rings (SSSR count). The van der Waals surface area contributed by atoms with Crippen molar-refractivity contribution in [3.8, 4) is 0 Å². The molecule has 2 aromatic rings. The minimum Gasteiger partial charge on any atom is -0.337 e. The molecular weight excluding hydrogens is 424 g/mol. The monoisotopic (exact) mass is 442 g/mol. The summed E-state index contributed by atoms with van der Waals surface area (Å²) in [6, 6.07) is 9.25. The van der Waals surface area contributed by atoms with Crippen LogP contribution in [-0.4, -0.2) is 43.7 Å².